The van der Waals surface area contributed by atoms with E-state index in [1.165, 1.54) is 0 Å². The van der Waals surface area contributed by atoms with Gasteiger partial charge in [0.25, 0.3) is 0 Å². The number of halogens is 1. The molecule has 0 bridgehead atoms. The second kappa shape index (κ2) is 5.10. The number of aromatic nitrogens is 2. The summed E-state index contributed by atoms with van der Waals surface area (Å²) in [5, 5.41) is 10.9. The van der Waals surface area contributed by atoms with Gasteiger partial charge >= 0.3 is 5.69 Å². The van der Waals surface area contributed by atoms with Gasteiger partial charge in [-0.1, -0.05) is 31.2 Å². The Kier molecular flexibility index (Phi) is 3.53. The second-order valence-corrected chi connectivity index (χ2v) is 4.02. The Morgan fingerprint density at radius 2 is 2.00 bits per heavy atom. The van der Waals surface area contributed by atoms with Crippen LogP contribution in [0.4, 0.5) is 5.69 Å². The minimum Gasteiger partial charge on any atom is -0.258 e. The number of nitrogens with zero attached hydrogens (tertiary/aromatic N) is 3. The fraction of sp³-hybridized carbons (Fsp3) is 0.167. The van der Waals surface area contributed by atoms with Gasteiger partial charge < -0.3 is 0 Å². The monoisotopic (exact) mass is 263 g/mol. The van der Waals surface area contributed by atoms with Gasteiger partial charge in [0.05, 0.1) is 4.92 Å². The standard InChI is InChI=1S/C12H10ClN3O2/c1-2-8-3-5-9(6-4-8)11-10(16(17)18)7-14-12(13)15-11/h3-7H,2H2,1H3. The molecule has 0 aliphatic carbocycles. The summed E-state index contributed by atoms with van der Waals surface area (Å²) in [6.07, 6.45) is 2.03. The molecule has 92 valence electrons. The third-order valence-corrected chi connectivity index (χ3v) is 2.75. The SMILES string of the molecule is CCc1ccc(-c2nc(Cl)ncc2[N+](=O)[O-])cc1. The highest BCUT2D eigenvalue weighted by atomic mass is 35.5. The minimum absolute atomic E-state index is 0.00447. The van der Waals surface area contributed by atoms with Crippen LogP contribution < -0.4 is 0 Å². The normalized spacial score (nSPS) is 10.3. The highest BCUT2D eigenvalue weighted by Gasteiger charge is 2.18. The van der Waals surface area contributed by atoms with Crippen molar-refractivity contribution in [3.05, 3.63) is 51.4 Å². The van der Waals surface area contributed by atoms with Crippen molar-refractivity contribution in [2.24, 2.45) is 0 Å². The van der Waals surface area contributed by atoms with Crippen molar-refractivity contribution in [1.82, 2.24) is 9.97 Å². The van der Waals surface area contributed by atoms with Crippen molar-refractivity contribution in [1.29, 1.82) is 0 Å². The summed E-state index contributed by atoms with van der Waals surface area (Å²) in [5.74, 6) is 0. The Labute approximate surface area is 109 Å². The zero-order valence-electron chi connectivity index (χ0n) is 9.63. The largest absolute Gasteiger partial charge is 0.313 e. The van der Waals surface area contributed by atoms with Gasteiger partial charge in [0.2, 0.25) is 5.28 Å². The number of hydrogen-bond acceptors (Lipinski definition) is 4. The molecule has 2 rings (SSSR count). The van der Waals surface area contributed by atoms with Crippen LogP contribution >= 0.6 is 11.6 Å². The number of rotatable bonds is 3. The van der Waals surface area contributed by atoms with Crippen molar-refractivity contribution >= 4 is 17.3 Å². The zero-order valence-corrected chi connectivity index (χ0v) is 10.4. The van der Waals surface area contributed by atoms with Crippen molar-refractivity contribution in [3.8, 4) is 11.3 Å². The molecule has 0 N–H and O–H groups in total. The Bertz CT molecular complexity index is 584. The molecule has 0 saturated carbocycles. The second-order valence-electron chi connectivity index (χ2n) is 3.68. The summed E-state index contributed by atoms with van der Waals surface area (Å²) in [4.78, 5) is 18.0. The first-order valence-electron chi connectivity index (χ1n) is 5.38. The fourth-order valence-electron chi connectivity index (χ4n) is 1.60. The summed E-state index contributed by atoms with van der Waals surface area (Å²) in [7, 11) is 0. The van der Waals surface area contributed by atoms with Crippen LogP contribution in [0.5, 0.6) is 0 Å². The Morgan fingerprint density at radius 3 is 2.56 bits per heavy atom. The number of nitro groups is 1. The van der Waals surface area contributed by atoms with Crippen LogP contribution in [0.1, 0.15) is 12.5 Å². The average Bonchev–Trinajstić information content (AvgIpc) is 2.38. The van der Waals surface area contributed by atoms with Crippen molar-refractivity contribution < 1.29 is 4.92 Å². The lowest BCUT2D eigenvalue weighted by Crippen LogP contribution is -1.97. The predicted molar refractivity (Wildman–Crippen MR) is 68.5 cm³/mol. The number of aryl methyl sites for hydroxylation is 1. The van der Waals surface area contributed by atoms with Gasteiger partial charge in [0, 0.05) is 5.56 Å². The van der Waals surface area contributed by atoms with E-state index in [1.54, 1.807) is 12.1 Å². The van der Waals surface area contributed by atoms with E-state index in [2.05, 4.69) is 9.97 Å². The number of hydrogen-bond donors (Lipinski definition) is 0. The van der Waals surface area contributed by atoms with Crippen LogP contribution in [0.2, 0.25) is 5.28 Å². The molecule has 0 radical (unpaired) electrons. The molecule has 1 aromatic heterocycles. The molecule has 0 saturated heterocycles. The molecule has 0 fully saturated rings. The lowest BCUT2D eigenvalue weighted by Gasteiger charge is -2.03. The van der Waals surface area contributed by atoms with Crippen molar-refractivity contribution in [2.75, 3.05) is 0 Å². The van der Waals surface area contributed by atoms with E-state index < -0.39 is 4.92 Å². The lowest BCUT2D eigenvalue weighted by atomic mass is 10.1. The third-order valence-electron chi connectivity index (χ3n) is 2.57. The first kappa shape index (κ1) is 12.4. The van der Waals surface area contributed by atoms with Crippen LogP contribution in [-0.2, 0) is 6.42 Å². The molecule has 2 aromatic rings. The average molecular weight is 264 g/mol. The molecular formula is C12H10ClN3O2. The van der Waals surface area contributed by atoms with Crippen LogP contribution in [-0.4, -0.2) is 14.9 Å². The molecule has 1 aromatic carbocycles. The molecule has 0 atom stereocenters. The molecule has 0 aliphatic heterocycles. The first-order chi connectivity index (χ1) is 8.61. The molecule has 0 amide bonds. The molecule has 1 heterocycles. The van der Waals surface area contributed by atoms with E-state index in [1.807, 2.05) is 19.1 Å². The number of benzene rings is 1. The minimum atomic E-state index is -0.514. The van der Waals surface area contributed by atoms with E-state index in [-0.39, 0.29) is 16.7 Å². The van der Waals surface area contributed by atoms with Gasteiger partial charge in [-0.2, -0.15) is 0 Å². The van der Waals surface area contributed by atoms with Crippen LogP contribution in [0.25, 0.3) is 11.3 Å². The van der Waals surface area contributed by atoms with Crippen molar-refractivity contribution in [2.45, 2.75) is 13.3 Å². The molecular weight excluding hydrogens is 254 g/mol. The maximum absolute atomic E-state index is 10.9. The van der Waals surface area contributed by atoms with E-state index in [0.717, 1.165) is 18.2 Å². The summed E-state index contributed by atoms with van der Waals surface area (Å²) in [6.45, 7) is 2.04. The third kappa shape index (κ3) is 2.46. The molecule has 5 nitrogen and oxygen atoms in total. The van der Waals surface area contributed by atoms with Gasteiger partial charge in [0.1, 0.15) is 6.20 Å². The predicted octanol–water partition coefficient (Wildman–Crippen LogP) is 3.27. The van der Waals surface area contributed by atoms with Gasteiger partial charge in [-0.3, -0.25) is 10.1 Å². The molecule has 6 heteroatoms. The highest BCUT2D eigenvalue weighted by Crippen LogP contribution is 2.28. The lowest BCUT2D eigenvalue weighted by molar-refractivity contribution is -0.384. The van der Waals surface area contributed by atoms with E-state index >= 15 is 0 Å². The van der Waals surface area contributed by atoms with Gasteiger partial charge in [-0.05, 0) is 23.6 Å². The Hall–Kier alpha value is -2.01. The Balaban J connectivity index is 2.54. The van der Waals surface area contributed by atoms with Gasteiger partial charge in [-0.15, -0.1) is 0 Å². The molecule has 0 spiro atoms. The van der Waals surface area contributed by atoms with Crippen LogP contribution in [0, 0.1) is 10.1 Å². The van der Waals surface area contributed by atoms with Gasteiger partial charge in [0.15, 0.2) is 5.69 Å². The Morgan fingerprint density at radius 1 is 1.33 bits per heavy atom. The summed E-state index contributed by atoms with van der Waals surface area (Å²) < 4.78 is 0. The topological polar surface area (TPSA) is 68.9 Å². The van der Waals surface area contributed by atoms with E-state index in [9.17, 15) is 10.1 Å². The first-order valence-corrected chi connectivity index (χ1v) is 5.76. The molecule has 0 aliphatic rings. The van der Waals surface area contributed by atoms with E-state index in [4.69, 9.17) is 11.6 Å². The van der Waals surface area contributed by atoms with E-state index in [0.29, 0.717) is 5.56 Å². The summed E-state index contributed by atoms with van der Waals surface area (Å²) >= 11 is 5.69. The molecule has 18 heavy (non-hydrogen) atoms. The van der Waals surface area contributed by atoms with Crippen LogP contribution in [0.15, 0.2) is 30.5 Å². The summed E-state index contributed by atoms with van der Waals surface area (Å²) in [6, 6.07) is 7.42. The maximum atomic E-state index is 10.9. The zero-order chi connectivity index (χ0) is 13.1. The summed E-state index contributed by atoms with van der Waals surface area (Å²) in [5.41, 5.74) is 1.90. The van der Waals surface area contributed by atoms with Crippen molar-refractivity contribution in [3.63, 3.8) is 0 Å². The highest BCUT2D eigenvalue weighted by molar-refractivity contribution is 6.28. The molecule has 0 unspecified atom stereocenters. The van der Waals surface area contributed by atoms with Gasteiger partial charge in [-0.25, -0.2) is 9.97 Å². The smallest absolute Gasteiger partial charge is 0.258 e. The van der Waals surface area contributed by atoms with Crippen LogP contribution in [0.3, 0.4) is 0 Å². The fourth-order valence-corrected chi connectivity index (χ4v) is 1.73. The quantitative estimate of drug-likeness (QED) is 0.484. The maximum Gasteiger partial charge on any atom is 0.313 e.